The van der Waals surface area contributed by atoms with Crippen molar-refractivity contribution in [1.82, 2.24) is 0 Å². The highest BCUT2D eigenvalue weighted by molar-refractivity contribution is 5.96. The number of benzene rings is 1. The predicted molar refractivity (Wildman–Crippen MR) is 65.7 cm³/mol. The molecule has 0 bridgehead atoms. The average molecular weight is 268 g/mol. The van der Waals surface area contributed by atoms with Gasteiger partial charge in [0.1, 0.15) is 11.9 Å². The molecular weight excluding hydrogens is 252 g/mol. The van der Waals surface area contributed by atoms with Crippen molar-refractivity contribution in [3.05, 3.63) is 29.3 Å². The summed E-state index contributed by atoms with van der Waals surface area (Å²) in [6, 6.07) is 3.90. The molecule has 0 aliphatic rings. The summed E-state index contributed by atoms with van der Waals surface area (Å²) in [5, 5.41) is 29.0. The molecule has 104 valence electrons. The summed E-state index contributed by atoms with van der Waals surface area (Å²) in [6.45, 7) is 1.27. The largest absolute Gasteiger partial charge is 0.507 e. The summed E-state index contributed by atoms with van der Waals surface area (Å²) < 4.78 is 4.38. The van der Waals surface area contributed by atoms with E-state index in [0.717, 1.165) is 0 Å². The molecule has 0 aliphatic heterocycles. The van der Waals surface area contributed by atoms with Gasteiger partial charge in [0, 0.05) is 0 Å². The lowest BCUT2D eigenvalue weighted by Crippen LogP contribution is -2.22. The van der Waals surface area contributed by atoms with Gasteiger partial charge in [-0.3, -0.25) is 9.59 Å². The van der Waals surface area contributed by atoms with Gasteiger partial charge in [-0.05, 0) is 24.6 Å². The van der Waals surface area contributed by atoms with Crippen LogP contribution in [0.2, 0.25) is 0 Å². The van der Waals surface area contributed by atoms with Crippen LogP contribution in [0.25, 0.3) is 0 Å². The fourth-order valence-electron chi connectivity index (χ4n) is 1.61. The Labute approximate surface area is 110 Å². The quantitative estimate of drug-likeness (QED) is 0.532. The summed E-state index contributed by atoms with van der Waals surface area (Å²) in [6.07, 6.45) is -3.07. The van der Waals surface area contributed by atoms with Gasteiger partial charge < -0.3 is 20.1 Å². The van der Waals surface area contributed by atoms with Crippen LogP contribution in [0.3, 0.4) is 0 Å². The molecule has 6 nitrogen and oxygen atoms in total. The fourth-order valence-corrected chi connectivity index (χ4v) is 1.61. The number of aromatic hydroxyl groups is 1. The lowest BCUT2D eigenvalue weighted by Gasteiger charge is -2.18. The molecule has 0 aliphatic carbocycles. The van der Waals surface area contributed by atoms with Crippen molar-refractivity contribution in [3.8, 4) is 5.75 Å². The zero-order valence-electron chi connectivity index (χ0n) is 10.7. The number of hydrogen-bond donors (Lipinski definition) is 3. The summed E-state index contributed by atoms with van der Waals surface area (Å²) in [5.41, 5.74) is 0.279. The van der Waals surface area contributed by atoms with E-state index in [1.807, 2.05) is 0 Å². The van der Waals surface area contributed by atoms with Gasteiger partial charge in [0.15, 0.2) is 5.78 Å². The molecule has 0 spiro atoms. The molecule has 0 saturated carbocycles. The zero-order chi connectivity index (χ0) is 14.6. The molecule has 2 atom stereocenters. The maximum Gasteiger partial charge on any atom is 0.308 e. The Hall–Kier alpha value is -1.92. The van der Waals surface area contributed by atoms with Crippen LogP contribution in [0, 0.1) is 0 Å². The molecule has 1 rings (SSSR count). The van der Waals surface area contributed by atoms with Crippen molar-refractivity contribution in [1.29, 1.82) is 0 Å². The number of carbonyl (C=O) groups is 2. The molecular formula is C13H16O6. The van der Waals surface area contributed by atoms with E-state index in [1.54, 1.807) is 0 Å². The third-order valence-corrected chi connectivity index (χ3v) is 2.71. The summed E-state index contributed by atoms with van der Waals surface area (Å²) in [5.74, 6) is -1.22. The van der Waals surface area contributed by atoms with Gasteiger partial charge in [-0.1, -0.05) is 6.07 Å². The van der Waals surface area contributed by atoms with Crippen LogP contribution in [0.4, 0.5) is 0 Å². The maximum absolute atomic E-state index is 11.3. The van der Waals surface area contributed by atoms with Gasteiger partial charge in [-0.25, -0.2) is 0 Å². The van der Waals surface area contributed by atoms with Crippen LogP contribution in [0.5, 0.6) is 5.75 Å². The Bertz CT molecular complexity index is 482. The van der Waals surface area contributed by atoms with E-state index in [2.05, 4.69) is 4.74 Å². The standard InChI is InChI=1S/C13H16O6/c1-7(14)9-5-8(3-4-10(9)15)13(18)11(16)6-12(17)19-2/h3-5,11,13,15-16,18H,6H2,1-2H3. The Balaban J connectivity index is 2.93. The number of Topliss-reactive ketones (excluding diaryl/α,β-unsaturated/α-hetero) is 1. The lowest BCUT2D eigenvalue weighted by molar-refractivity contribution is -0.144. The second-order valence-electron chi connectivity index (χ2n) is 4.13. The number of ketones is 1. The van der Waals surface area contributed by atoms with Gasteiger partial charge in [0.25, 0.3) is 0 Å². The number of rotatable bonds is 5. The van der Waals surface area contributed by atoms with Crippen LogP contribution >= 0.6 is 0 Å². The molecule has 0 amide bonds. The van der Waals surface area contributed by atoms with E-state index >= 15 is 0 Å². The molecule has 1 aromatic carbocycles. The first kappa shape index (κ1) is 15.1. The summed E-state index contributed by atoms with van der Waals surface area (Å²) in [4.78, 5) is 22.3. The number of phenols is 1. The molecule has 19 heavy (non-hydrogen) atoms. The van der Waals surface area contributed by atoms with E-state index in [9.17, 15) is 24.9 Å². The van der Waals surface area contributed by atoms with Crippen molar-refractivity contribution >= 4 is 11.8 Å². The molecule has 2 unspecified atom stereocenters. The lowest BCUT2D eigenvalue weighted by atomic mass is 9.98. The normalized spacial score (nSPS) is 13.7. The molecule has 0 aromatic heterocycles. The molecule has 0 saturated heterocycles. The van der Waals surface area contributed by atoms with Crippen LogP contribution < -0.4 is 0 Å². The van der Waals surface area contributed by atoms with Gasteiger partial charge in [-0.2, -0.15) is 0 Å². The van der Waals surface area contributed by atoms with Crippen LogP contribution in [-0.4, -0.2) is 40.3 Å². The number of hydrogen-bond acceptors (Lipinski definition) is 6. The predicted octanol–water partition coefficient (Wildman–Crippen LogP) is 0.552. The molecule has 3 N–H and O–H groups in total. The van der Waals surface area contributed by atoms with Crippen LogP contribution in [0.15, 0.2) is 18.2 Å². The van der Waals surface area contributed by atoms with Crippen molar-refractivity contribution in [2.24, 2.45) is 0 Å². The Morgan fingerprint density at radius 1 is 1.32 bits per heavy atom. The molecule has 0 radical (unpaired) electrons. The van der Waals surface area contributed by atoms with Gasteiger partial charge >= 0.3 is 5.97 Å². The van der Waals surface area contributed by atoms with Gasteiger partial charge in [-0.15, -0.1) is 0 Å². The van der Waals surface area contributed by atoms with Crippen molar-refractivity contribution < 1.29 is 29.6 Å². The van der Waals surface area contributed by atoms with Gasteiger partial charge in [0.2, 0.25) is 0 Å². The second-order valence-corrected chi connectivity index (χ2v) is 4.13. The highest BCUT2D eigenvalue weighted by Gasteiger charge is 2.23. The van der Waals surface area contributed by atoms with E-state index in [1.165, 1.54) is 32.2 Å². The Morgan fingerprint density at radius 3 is 2.47 bits per heavy atom. The van der Waals surface area contributed by atoms with Gasteiger partial charge in [0.05, 0.1) is 25.2 Å². The van der Waals surface area contributed by atoms with Crippen molar-refractivity contribution in [2.45, 2.75) is 25.6 Å². The number of carbonyl (C=O) groups excluding carboxylic acids is 2. The average Bonchev–Trinajstić information content (AvgIpc) is 2.37. The number of aliphatic hydroxyl groups excluding tert-OH is 2. The highest BCUT2D eigenvalue weighted by Crippen LogP contribution is 2.25. The molecule has 6 heteroatoms. The van der Waals surface area contributed by atoms with E-state index in [4.69, 9.17) is 0 Å². The van der Waals surface area contributed by atoms with Crippen LogP contribution in [-0.2, 0) is 9.53 Å². The number of methoxy groups -OCH3 is 1. The highest BCUT2D eigenvalue weighted by atomic mass is 16.5. The van der Waals surface area contributed by atoms with E-state index < -0.39 is 18.2 Å². The monoisotopic (exact) mass is 268 g/mol. The summed E-state index contributed by atoms with van der Waals surface area (Å²) >= 11 is 0. The topological polar surface area (TPSA) is 104 Å². The second kappa shape index (κ2) is 6.31. The summed E-state index contributed by atoms with van der Waals surface area (Å²) in [7, 11) is 1.18. The molecule has 0 heterocycles. The number of esters is 1. The third-order valence-electron chi connectivity index (χ3n) is 2.71. The minimum atomic E-state index is -1.35. The molecule has 0 fully saturated rings. The Kier molecular flexibility index (Phi) is 5.02. The first-order chi connectivity index (χ1) is 8.86. The Morgan fingerprint density at radius 2 is 1.95 bits per heavy atom. The first-order valence-electron chi connectivity index (χ1n) is 5.63. The fraction of sp³-hybridized carbons (Fsp3) is 0.385. The minimum absolute atomic E-state index is 0.0434. The number of ether oxygens (including phenoxy) is 1. The molecule has 1 aromatic rings. The third kappa shape index (κ3) is 3.77. The number of aliphatic hydroxyl groups is 2. The van der Waals surface area contributed by atoms with E-state index in [-0.39, 0.29) is 29.1 Å². The minimum Gasteiger partial charge on any atom is -0.507 e. The smallest absolute Gasteiger partial charge is 0.308 e. The SMILES string of the molecule is COC(=O)CC(O)C(O)c1ccc(O)c(C(C)=O)c1. The van der Waals surface area contributed by atoms with Crippen molar-refractivity contribution in [2.75, 3.05) is 7.11 Å². The number of phenolic OH excluding ortho intramolecular Hbond substituents is 1. The van der Waals surface area contributed by atoms with Crippen LogP contribution in [0.1, 0.15) is 35.4 Å². The van der Waals surface area contributed by atoms with E-state index in [0.29, 0.717) is 0 Å². The maximum atomic E-state index is 11.3. The first-order valence-corrected chi connectivity index (χ1v) is 5.63. The van der Waals surface area contributed by atoms with Crippen molar-refractivity contribution in [3.63, 3.8) is 0 Å². The zero-order valence-corrected chi connectivity index (χ0v) is 10.7.